The van der Waals surface area contributed by atoms with Crippen LogP contribution >= 0.6 is 0 Å². The first kappa shape index (κ1) is 9.84. The Morgan fingerprint density at radius 1 is 1.00 bits per heavy atom. The monoisotopic (exact) mass is 196 g/mol. The molecule has 2 fully saturated rings. The number of Topliss-reactive ketones (excluding diaryl/α,β-unsaturated/α-hetero) is 2. The van der Waals surface area contributed by atoms with Gasteiger partial charge in [0.05, 0.1) is 0 Å². The molecular formula is C11H16O3. The van der Waals surface area contributed by atoms with Gasteiger partial charge < -0.3 is 5.11 Å². The molecule has 14 heavy (non-hydrogen) atoms. The van der Waals surface area contributed by atoms with Crippen molar-refractivity contribution in [2.24, 2.45) is 5.41 Å². The molecule has 1 N–H and O–H groups in total. The number of carbonyl (C=O) groups is 2. The highest BCUT2D eigenvalue weighted by Gasteiger charge is 2.44. The van der Waals surface area contributed by atoms with Crippen LogP contribution in [-0.2, 0) is 9.59 Å². The second-order valence-corrected chi connectivity index (χ2v) is 4.75. The van der Waals surface area contributed by atoms with E-state index >= 15 is 0 Å². The third-order valence-electron chi connectivity index (χ3n) is 3.62. The number of hydrogen-bond acceptors (Lipinski definition) is 3. The SMILES string of the molecule is O=C1CC2(CCCCC2)CC(=O)C1O. The van der Waals surface area contributed by atoms with Gasteiger partial charge >= 0.3 is 0 Å². The molecular weight excluding hydrogens is 180 g/mol. The van der Waals surface area contributed by atoms with E-state index in [0.29, 0.717) is 12.8 Å². The summed E-state index contributed by atoms with van der Waals surface area (Å²) in [4.78, 5) is 22.8. The van der Waals surface area contributed by atoms with Gasteiger partial charge in [-0.1, -0.05) is 19.3 Å². The lowest BCUT2D eigenvalue weighted by molar-refractivity contribution is -0.147. The summed E-state index contributed by atoms with van der Waals surface area (Å²) in [6, 6.07) is 0. The van der Waals surface area contributed by atoms with Crippen molar-refractivity contribution in [2.45, 2.75) is 51.0 Å². The third kappa shape index (κ3) is 1.61. The van der Waals surface area contributed by atoms with Crippen LogP contribution in [0.1, 0.15) is 44.9 Å². The fourth-order valence-electron chi connectivity index (χ4n) is 2.83. The van der Waals surface area contributed by atoms with Crippen LogP contribution in [0.2, 0.25) is 0 Å². The van der Waals surface area contributed by atoms with E-state index in [0.717, 1.165) is 25.7 Å². The zero-order chi connectivity index (χ0) is 10.2. The van der Waals surface area contributed by atoms with Crippen molar-refractivity contribution in [1.82, 2.24) is 0 Å². The van der Waals surface area contributed by atoms with Gasteiger partial charge in [-0.25, -0.2) is 0 Å². The predicted octanol–water partition coefficient (Wildman–Crippen LogP) is 1.23. The highest BCUT2D eigenvalue weighted by Crippen LogP contribution is 2.45. The van der Waals surface area contributed by atoms with Gasteiger partial charge in [0.25, 0.3) is 0 Å². The fraction of sp³-hybridized carbons (Fsp3) is 0.818. The lowest BCUT2D eigenvalue weighted by Gasteiger charge is -2.40. The van der Waals surface area contributed by atoms with Crippen LogP contribution in [-0.4, -0.2) is 22.8 Å². The van der Waals surface area contributed by atoms with E-state index in [2.05, 4.69) is 0 Å². The van der Waals surface area contributed by atoms with Crippen molar-refractivity contribution >= 4 is 11.6 Å². The summed E-state index contributed by atoms with van der Waals surface area (Å²) in [6.07, 6.45) is 4.94. The number of ketones is 2. The molecule has 3 heteroatoms. The predicted molar refractivity (Wildman–Crippen MR) is 50.8 cm³/mol. The average molecular weight is 196 g/mol. The van der Waals surface area contributed by atoms with Crippen LogP contribution in [0.4, 0.5) is 0 Å². The Kier molecular flexibility index (Phi) is 2.43. The molecule has 0 radical (unpaired) electrons. The normalized spacial score (nSPS) is 28.4. The Morgan fingerprint density at radius 3 is 2.00 bits per heavy atom. The van der Waals surface area contributed by atoms with Crippen LogP contribution in [0.3, 0.4) is 0 Å². The van der Waals surface area contributed by atoms with Gasteiger partial charge in [-0.2, -0.15) is 0 Å². The summed E-state index contributed by atoms with van der Waals surface area (Å²) in [6.45, 7) is 0. The lowest BCUT2D eigenvalue weighted by Crippen LogP contribution is -2.44. The first-order valence-corrected chi connectivity index (χ1v) is 5.37. The second kappa shape index (κ2) is 3.46. The Morgan fingerprint density at radius 2 is 1.50 bits per heavy atom. The van der Waals surface area contributed by atoms with Gasteiger partial charge in [-0.15, -0.1) is 0 Å². The molecule has 0 aromatic carbocycles. The molecule has 0 heterocycles. The molecule has 0 aliphatic heterocycles. The van der Waals surface area contributed by atoms with Crippen LogP contribution in [0.15, 0.2) is 0 Å². The first-order chi connectivity index (χ1) is 6.63. The largest absolute Gasteiger partial charge is 0.378 e. The first-order valence-electron chi connectivity index (χ1n) is 5.37. The van der Waals surface area contributed by atoms with Crippen LogP contribution in [0, 0.1) is 5.41 Å². The van der Waals surface area contributed by atoms with Crippen LogP contribution in [0.25, 0.3) is 0 Å². The molecule has 0 atom stereocenters. The van der Waals surface area contributed by atoms with E-state index in [-0.39, 0.29) is 17.0 Å². The van der Waals surface area contributed by atoms with Crippen LogP contribution in [0.5, 0.6) is 0 Å². The van der Waals surface area contributed by atoms with E-state index in [1.165, 1.54) is 6.42 Å². The summed E-state index contributed by atoms with van der Waals surface area (Å²) < 4.78 is 0. The molecule has 0 unspecified atom stereocenters. The molecule has 0 saturated heterocycles. The Balaban J connectivity index is 2.14. The zero-order valence-electron chi connectivity index (χ0n) is 8.29. The van der Waals surface area contributed by atoms with E-state index in [1.807, 2.05) is 0 Å². The van der Waals surface area contributed by atoms with Crippen molar-refractivity contribution in [1.29, 1.82) is 0 Å². The molecule has 2 aliphatic carbocycles. The smallest absolute Gasteiger partial charge is 0.170 e. The average Bonchev–Trinajstić information content (AvgIpc) is 2.15. The molecule has 2 aliphatic rings. The lowest BCUT2D eigenvalue weighted by atomic mass is 9.64. The minimum absolute atomic E-state index is 0.0777. The number of aliphatic hydroxyl groups excluding tert-OH is 1. The topological polar surface area (TPSA) is 54.4 Å². The highest BCUT2D eigenvalue weighted by atomic mass is 16.3. The van der Waals surface area contributed by atoms with Crippen molar-refractivity contribution in [2.75, 3.05) is 0 Å². The Labute approximate surface area is 83.5 Å². The summed E-state index contributed by atoms with van der Waals surface area (Å²) in [5, 5.41) is 9.26. The minimum Gasteiger partial charge on any atom is -0.378 e. The van der Waals surface area contributed by atoms with Gasteiger partial charge in [0.15, 0.2) is 17.7 Å². The molecule has 1 spiro atoms. The van der Waals surface area contributed by atoms with Gasteiger partial charge in [-0.05, 0) is 18.3 Å². The van der Waals surface area contributed by atoms with Crippen molar-refractivity contribution < 1.29 is 14.7 Å². The fourth-order valence-corrected chi connectivity index (χ4v) is 2.83. The quantitative estimate of drug-likeness (QED) is 0.593. The molecule has 0 amide bonds. The third-order valence-corrected chi connectivity index (χ3v) is 3.62. The summed E-state index contributed by atoms with van der Waals surface area (Å²) in [5.74, 6) is -0.522. The molecule has 0 bridgehead atoms. The minimum atomic E-state index is -1.32. The maximum atomic E-state index is 11.4. The highest BCUT2D eigenvalue weighted by molar-refractivity contribution is 6.07. The standard InChI is InChI=1S/C11H16O3/c12-8-6-11(4-2-1-3-5-11)7-9(13)10(8)14/h10,14H,1-7H2. The molecule has 78 valence electrons. The second-order valence-electron chi connectivity index (χ2n) is 4.75. The number of aliphatic hydroxyl groups is 1. The number of hydrogen-bond donors (Lipinski definition) is 1. The molecule has 0 aromatic rings. The Hall–Kier alpha value is -0.700. The van der Waals surface area contributed by atoms with E-state index in [4.69, 9.17) is 0 Å². The van der Waals surface area contributed by atoms with Gasteiger partial charge in [0, 0.05) is 12.8 Å². The van der Waals surface area contributed by atoms with E-state index in [1.54, 1.807) is 0 Å². The molecule has 2 saturated carbocycles. The molecule has 0 aromatic heterocycles. The van der Waals surface area contributed by atoms with Crippen molar-refractivity contribution in [3.63, 3.8) is 0 Å². The molecule has 2 rings (SSSR count). The maximum absolute atomic E-state index is 11.4. The van der Waals surface area contributed by atoms with Crippen molar-refractivity contribution in [3.05, 3.63) is 0 Å². The van der Waals surface area contributed by atoms with E-state index < -0.39 is 6.10 Å². The summed E-state index contributed by atoms with van der Waals surface area (Å²) >= 11 is 0. The van der Waals surface area contributed by atoms with Crippen molar-refractivity contribution in [3.8, 4) is 0 Å². The van der Waals surface area contributed by atoms with Crippen LogP contribution < -0.4 is 0 Å². The van der Waals surface area contributed by atoms with Gasteiger partial charge in [-0.3, -0.25) is 9.59 Å². The maximum Gasteiger partial charge on any atom is 0.170 e. The van der Waals surface area contributed by atoms with E-state index in [9.17, 15) is 14.7 Å². The summed E-state index contributed by atoms with van der Waals surface area (Å²) in [7, 11) is 0. The number of carbonyl (C=O) groups excluding carboxylic acids is 2. The van der Waals surface area contributed by atoms with Gasteiger partial charge in [0.1, 0.15) is 0 Å². The zero-order valence-corrected chi connectivity index (χ0v) is 8.29. The van der Waals surface area contributed by atoms with Gasteiger partial charge in [0.2, 0.25) is 0 Å². The number of rotatable bonds is 0. The molecule has 3 nitrogen and oxygen atoms in total. The Bertz CT molecular complexity index is 244. The summed E-state index contributed by atoms with van der Waals surface area (Å²) in [5.41, 5.74) is -0.0777.